The molecule has 138 valence electrons. The zero-order valence-electron chi connectivity index (χ0n) is 15.4. The Labute approximate surface area is 154 Å². The van der Waals surface area contributed by atoms with Crippen LogP contribution in [0, 0.1) is 25.7 Å². The van der Waals surface area contributed by atoms with Gasteiger partial charge in [-0.1, -0.05) is 17.7 Å². The SMILES string of the molecule is Cc1ccc(NC(=O)C2CCC(C(=O)NCc3ccco3)CC2)c(C)c1. The van der Waals surface area contributed by atoms with Gasteiger partial charge in [0.1, 0.15) is 5.76 Å². The van der Waals surface area contributed by atoms with Crippen molar-refractivity contribution in [2.75, 3.05) is 5.32 Å². The predicted octanol–water partition coefficient (Wildman–Crippen LogP) is 3.96. The van der Waals surface area contributed by atoms with Crippen LogP contribution in [0.15, 0.2) is 41.0 Å². The van der Waals surface area contributed by atoms with Crippen molar-refractivity contribution in [3.8, 4) is 0 Å². The van der Waals surface area contributed by atoms with Gasteiger partial charge >= 0.3 is 0 Å². The van der Waals surface area contributed by atoms with Crippen molar-refractivity contribution < 1.29 is 14.0 Å². The molecule has 1 aromatic heterocycles. The minimum absolute atomic E-state index is 0.0184. The van der Waals surface area contributed by atoms with Crippen LogP contribution in [0.1, 0.15) is 42.6 Å². The summed E-state index contributed by atoms with van der Waals surface area (Å²) in [6.07, 6.45) is 4.58. The Kier molecular flexibility index (Phi) is 5.76. The average molecular weight is 354 g/mol. The number of carbonyl (C=O) groups is 2. The lowest BCUT2D eigenvalue weighted by molar-refractivity contribution is -0.128. The molecule has 0 unspecified atom stereocenters. The molecule has 3 rings (SSSR count). The summed E-state index contributed by atoms with van der Waals surface area (Å²) >= 11 is 0. The fourth-order valence-corrected chi connectivity index (χ4v) is 3.54. The zero-order chi connectivity index (χ0) is 18.5. The van der Waals surface area contributed by atoms with E-state index in [-0.39, 0.29) is 23.7 Å². The summed E-state index contributed by atoms with van der Waals surface area (Å²) in [4.78, 5) is 24.8. The van der Waals surface area contributed by atoms with Crippen LogP contribution in [0.2, 0.25) is 0 Å². The highest BCUT2D eigenvalue weighted by atomic mass is 16.3. The molecule has 5 heteroatoms. The van der Waals surface area contributed by atoms with Crippen molar-refractivity contribution in [3.63, 3.8) is 0 Å². The smallest absolute Gasteiger partial charge is 0.227 e. The molecule has 1 aromatic carbocycles. The quantitative estimate of drug-likeness (QED) is 0.854. The molecule has 0 radical (unpaired) electrons. The molecule has 0 atom stereocenters. The summed E-state index contributed by atoms with van der Waals surface area (Å²) in [5.41, 5.74) is 3.13. The van der Waals surface area contributed by atoms with E-state index in [0.717, 1.165) is 42.7 Å². The van der Waals surface area contributed by atoms with E-state index in [9.17, 15) is 9.59 Å². The van der Waals surface area contributed by atoms with Crippen molar-refractivity contribution in [1.82, 2.24) is 5.32 Å². The minimum Gasteiger partial charge on any atom is -0.467 e. The van der Waals surface area contributed by atoms with Gasteiger partial charge in [-0.05, 0) is 63.3 Å². The Bertz CT molecular complexity index is 760. The highest BCUT2D eigenvalue weighted by molar-refractivity contribution is 5.93. The van der Waals surface area contributed by atoms with Gasteiger partial charge < -0.3 is 15.1 Å². The third-order valence-electron chi connectivity index (χ3n) is 5.13. The van der Waals surface area contributed by atoms with Gasteiger partial charge in [-0.3, -0.25) is 9.59 Å². The third kappa shape index (κ3) is 4.54. The molecule has 1 heterocycles. The van der Waals surface area contributed by atoms with Gasteiger partial charge in [0, 0.05) is 17.5 Å². The van der Waals surface area contributed by atoms with Gasteiger partial charge in [0.15, 0.2) is 0 Å². The number of furan rings is 1. The molecule has 1 saturated carbocycles. The van der Waals surface area contributed by atoms with Crippen molar-refractivity contribution in [3.05, 3.63) is 53.5 Å². The van der Waals surface area contributed by atoms with Crippen LogP contribution >= 0.6 is 0 Å². The molecule has 26 heavy (non-hydrogen) atoms. The third-order valence-corrected chi connectivity index (χ3v) is 5.13. The molecule has 0 spiro atoms. The van der Waals surface area contributed by atoms with Crippen molar-refractivity contribution in [2.24, 2.45) is 11.8 Å². The highest BCUT2D eigenvalue weighted by Crippen LogP contribution is 2.30. The van der Waals surface area contributed by atoms with Crippen LogP contribution < -0.4 is 10.6 Å². The molecule has 0 bridgehead atoms. The highest BCUT2D eigenvalue weighted by Gasteiger charge is 2.30. The second kappa shape index (κ2) is 8.21. The number of nitrogens with one attached hydrogen (secondary N) is 2. The maximum absolute atomic E-state index is 12.5. The van der Waals surface area contributed by atoms with Crippen LogP contribution in [0.5, 0.6) is 0 Å². The Balaban J connectivity index is 1.46. The van der Waals surface area contributed by atoms with E-state index in [1.54, 1.807) is 12.3 Å². The van der Waals surface area contributed by atoms with Crippen molar-refractivity contribution in [1.29, 1.82) is 0 Å². The first-order valence-electron chi connectivity index (χ1n) is 9.21. The predicted molar refractivity (Wildman–Crippen MR) is 101 cm³/mol. The summed E-state index contributed by atoms with van der Waals surface area (Å²) < 4.78 is 5.23. The Hall–Kier alpha value is -2.56. The van der Waals surface area contributed by atoms with Gasteiger partial charge in [0.25, 0.3) is 0 Å². The summed E-state index contributed by atoms with van der Waals surface area (Å²) in [7, 11) is 0. The van der Waals surface area contributed by atoms with Crippen LogP contribution in [0.3, 0.4) is 0 Å². The Morgan fingerprint density at radius 3 is 2.35 bits per heavy atom. The van der Waals surface area contributed by atoms with Crippen LogP contribution in [-0.2, 0) is 16.1 Å². The van der Waals surface area contributed by atoms with E-state index >= 15 is 0 Å². The van der Waals surface area contributed by atoms with E-state index < -0.39 is 0 Å². The Morgan fingerprint density at radius 2 is 1.73 bits per heavy atom. The molecule has 2 amide bonds. The van der Waals surface area contributed by atoms with Gasteiger partial charge in [0.05, 0.1) is 12.8 Å². The second-order valence-electron chi connectivity index (χ2n) is 7.15. The Morgan fingerprint density at radius 1 is 1.04 bits per heavy atom. The first-order valence-corrected chi connectivity index (χ1v) is 9.21. The average Bonchev–Trinajstić information content (AvgIpc) is 3.15. The van der Waals surface area contributed by atoms with E-state index in [1.807, 2.05) is 32.0 Å². The van der Waals surface area contributed by atoms with E-state index in [0.29, 0.717) is 6.54 Å². The molecule has 1 aliphatic rings. The number of amides is 2. The largest absolute Gasteiger partial charge is 0.467 e. The number of anilines is 1. The van der Waals surface area contributed by atoms with E-state index in [4.69, 9.17) is 4.42 Å². The van der Waals surface area contributed by atoms with E-state index in [1.165, 1.54) is 5.56 Å². The first kappa shape index (κ1) is 18.2. The number of hydrogen-bond donors (Lipinski definition) is 2. The van der Waals surface area contributed by atoms with Gasteiger partial charge in [-0.2, -0.15) is 0 Å². The second-order valence-corrected chi connectivity index (χ2v) is 7.15. The maximum Gasteiger partial charge on any atom is 0.227 e. The van der Waals surface area contributed by atoms with Gasteiger partial charge in [-0.25, -0.2) is 0 Å². The molecular formula is C21H26N2O3. The molecule has 1 fully saturated rings. The maximum atomic E-state index is 12.5. The van der Waals surface area contributed by atoms with Crippen molar-refractivity contribution in [2.45, 2.75) is 46.1 Å². The fourth-order valence-electron chi connectivity index (χ4n) is 3.54. The standard InChI is InChI=1S/C21H26N2O3/c1-14-5-10-19(15(2)12-14)23-21(25)17-8-6-16(7-9-17)20(24)22-13-18-4-3-11-26-18/h3-5,10-12,16-17H,6-9,13H2,1-2H3,(H,22,24)(H,23,25). The van der Waals surface area contributed by atoms with Gasteiger partial charge in [0.2, 0.25) is 11.8 Å². The minimum atomic E-state index is -0.0233. The summed E-state index contributed by atoms with van der Waals surface area (Å²) in [6, 6.07) is 9.67. The molecule has 0 saturated heterocycles. The lowest BCUT2D eigenvalue weighted by atomic mass is 9.81. The molecule has 5 nitrogen and oxygen atoms in total. The number of benzene rings is 1. The lowest BCUT2D eigenvalue weighted by Gasteiger charge is -2.27. The number of rotatable bonds is 5. The normalized spacial score (nSPS) is 19.8. The van der Waals surface area contributed by atoms with Crippen LogP contribution in [-0.4, -0.2) is 11.8 Å². The summed E-state index contributed by atoms with van der Waals surface area (Å²) in [6.45, 7) is 4.46. The summed E-state index contributed by atoms with van der Waals surface area (Å²) in [5.74, 6) is 0.820. The topological polar surface area (TPSA) is 71.3 Å². The molecule has 2 N–H and O–H groups in total. The monoisotopic (exact) mass is 354 g/mol. The first-order chi connectivity index (χ1) is 12.5. The molecule has 2 aromatic rings. The van der Waals surface area contributed by atoms with E-state index in [2.05, 4.69) is 16.7 Å². The number of hydrogen-bond acceptors (Lipinski definition) is 3. The number of aryl methyl sites for hydroxylation is 2. The van der Waals surface area contributed by atoms with Crippen LogP contribution in [0.4, 0.5) is 5.69 Å². The fraction of sp³-hybridized carbons (Fsp3) is 0.429. The van der Waals surface area contributed by atoms with Gasteiger partial charge in [-0.15, -0.1) is 0 Å². The molecule has 0 aliphatic heterocycles. The lowest BCUT2D eigenvalue weighted by Crippen LogP contribution is -2.35. The van der Waals surface area contributed by atoms with Crippen molar-refractivity contribution >= 4 is 17.5 Å². The number of carbonyl (C=O) groups excluding carboxylic acids is 2. The zero-order valence-corrected chi connectivity index (χ0v) is 15.4. The summed E-state index contributed by atoms with van der Waals surface area (Å²) in [5, 5.41) is 5.96. The van der Waals surface area contributed by atoms with Crippen LogP contribution in [0.25, 0.3) is 0 Å². The molecule has 1 aliphatic carbocycles. The molecular weight excluding hydrogens is 328 g/mol.